The van der Waals surface area contributed by atoms with Crippen molar-refractivity contribution in [2.45, 2.75) is 51.5 Å². The fraction of sp³-hybridized carbons (Fsp3) is 0.619. The Morgan fingerprint density at radius 2 is 2.10 bits per heavy atom. The number of likely N-dealkylation sites (tertiary alicyclic amines) is 2. The molecule has 3 atom stereocenters. The van der Waals surface area contributed by atoms with Gasteiger partial charge in [0.15, 0.2) is 6.39 Å². The van der Waals surface area contributed by atoms with Crippen LogP contribution in [-0.4, -0.2) is 62.1 Å². The highest BCUT2D eigenvalue weighted by atomic mass is 16.3. The summed E-state index contributed by atoms with van der Waals surface area (Å²) < 4.78 is 7.13. The van der Waals surface area contributed by atoms with E-state index in [1.165, 1.54) is 6.39 Å². The van der Waals surface area contributed by atoms with Gasteiger partial charge < -0.3 is 14.2 Å². The van der Waals surface area contributed by atoms with Crippen LogP contribution in [0, 0.1) is 5.92 Å². The number of hydrogen-bond acceptors (Lipinski definition) is 5. The van der Waals surface area contributed by atoms with Gasteiger partial charge in [-0.1, -0.05) is 13.8 Å². The second-order valence-electron chi connectivity index (χ2n) is 8.28. The molecule has 0 aliphatic carbocycles. The molecule has 2 saturated heterocycles. The van der Waals surface area contributed by atoms with E-state index in [9.17, 15) is 9.59 Å². The first-order valence-corrected chi connectivity index (χ1v) is 10.5. The average molecular weight is 399 g/mol. The molecule has 29 heavy (non-hydrogen) atoms. The van der Waals surface area contributed by atoms with Crippen molar-refractivity contribution in [2.24, 2.45) is 13.0 Å². The Bertz CT molecular complexity index is 889. The van der Waals surface area contributed by atoms with E-state index in [1.54, 1.807) is 4.68 Å². The van der Waals surface area contributed by atoms with Crippen LogP contribution >= 0.6 is 0 Å². The summed E-state index contributed by atoms with van der Waals surface area (Å²) in [5, 5.41) is 4.21. The molecule has 2 aromatic heterocycles. The number of piperidine rings is 1. The Morgan fingerprint density at radius 1 is 1.31 bits per heavy atom. The molecule has 2 aliphatic heterocycles. The van der Waals surface area contributed by atoms with Gasteiger partial charge in [0.25, 0.3) is 5.91 Å². The molecule has 0 radical (unpaired) electrons. The highest BCUT2D eigenvalue weighted by Gasteiger charge is 2.42. The van der Waals surface area contributed by atoms with E-state index in [0.717, 1.165) is 24.9 Å². The van der Waals surface area contributed by atoms with Crippen molar-refractivity contribution in [3.8, 4) is 0 Å². The van der Waals surface area contributed by atoms with Crippen molar-refractivity contribution >= 4 is 11.8 Å². The number of rotatable bonds is 5. The van der Waals surface area contributed by atoms with Gasteiger partial charge in [-0.05, 0) is 36.7 Å². The van der Waals surface area contributed by atoms with Crippen molar-refractivity contribution in [3.05, 3.63) is 35.8 Å². The Kier molecular flexibility index (Phi) is 5.43. The molecule has 0 N–H and O–H groups in total. The summed E-state index contributed by atoms with van der Waals surface area (Å²) in [5.74, 6) is 0.986. The van der Waals surface area contributed by atoms with Crippen molar-refractivity contribution in [1.29, 1.82) is 0 Å². The maximum atomic E-state index is 13.1. The number of hydrogen-bond donors (Lipinski definition) is 0. The highest BCUT2D eigenvalue weighted by molar-refractivity contribution is 5.92. The van der Waals surface area contributed by atoms with E-state index in [2.05, 4.69) is 17.0 Å². The lowest BCUT2D eigenvalue weighted by molar-refractivity contribution is -0.133. The first-order valence-electron chi connectivity index (χ1n) is 10.5. The standard InChI is InChI=1S/C21H29N5O3/c1-4-17-20(29-13-22-17)21(28)25-7-5-15-6-8-26(18(15)12-25)19(27)9-14(2)16-10-23-24(3)11-16/h10-11,13-15,18H,4-9,12H2,1-3H3/t14?,15-,18-/m1/s1. The van der Waals surface area contributed by atoms with Crippen LogP contribution in [0.2, 0.25) is 0 Å². The molecule has 0 bridgehead atoms. The minimum absolute atomic E-state index is 0.0919. The number of nitrogens with zero attached hydrogens (tertiary/aromatic N) is 5. The molecule has 4 heterocycles. The van der Waals surface area contributed by atoms with Gasteiger partial charge in [-0.2, -0.15) is 5.10 Å². The van der Waals surface area contributed by atoms with E-state index in [4.69, 9.17) is 4.42 Å². The average Bonchev–Trinajstić information content (AvgIpc) is 3.45. The van der Waals surface area contributed by atoms with Gasteiger partial charge in [-0.15, -0.1) is 0 Å². The third-order valence-electron chi connectivity index (χ3n) is 6.42. The molecule has 2 aromatic rings. The van der Waals surface area contributed by atoms with Crippen molar-refractivity contribution in [1.82, 2.24) is 24.6 Å². The number of carbonyl (C=O) groups is 2. The van der Waals surface area contributed by atoms with Gasteiger partial charge in [0.2, 0.25) is 11.7 Å². The number of amides is 2. The van der Waals surface area contributed by atoms with Crippen LogP contribution in [0.5, 0.6) is 0 Å². The summed E-state index contributed by atoms with van der Waals surface area (Å²) in [6.07, 6.45) is 8.20. The number of fused-ring (bicyclic) bond motifs is 1. The first-order chi connectivity index (χ1) is 14.0. The van der Waals surface area contributed by atoms with Crippen molar-refractivity contribution in [2.75, 3.05) is 19.6 Å². The zero-order chi connectivity index (χ0) is 20.5. The minimum atomic E-state index is -0.110. The Hall–Kier alpha value is -2.64. The summed E-state index contributed by atoms with van der Waals surface area (Å²) >= 11 is 0. The first kappa shape index (κ1) is 19.7. The maximum Gasteiger partial charge on any atom is 0.291 e. The van der Waals surface area contributed by atoms with Crippen molar-refractivity contribution < 1.29 is 14.0 Å². The van der Waals surface area contributed by atoms with E-state index < -0.39 is 0 Å². The summed E-state index contributed by atoms with van der Waals surface area (Å²) in [6.45, 7) is 6.08. The quantitative estimate of drug-likeness (QED) is 0.770. The monoisotopic (exact) mass is 399 g/mol. The van der Waals surface area contributed by atoms with E-state index in [-0.39, 0.29) is 23.8 Å². The summed E-state index contributed by atoms with van der Waals surface area (Å²) in [5.41, 5.74) is 1.77. The molecule has 8 nitrogen and oxygen atoms in total. The summed E-state index contributed by atoms with van der Waals surface area (Å²) in [6, 6.07) is 0.0919. The molecule has 0 spiro atoms. The fourth-order valence-electron chi connectivity index (χ4n) is 4.67. The lowest BCUT2D eigenvalue weighted by Gasteiger charge is -2.38. The van der Waals surface area contributed by atoms with Gasteiger partial charge in [-0.3, -0.25) is 14.3 Å². The third-order valence-corrected chi connectivity index (χ3v) is 6.42. The minimum Gasteiger partial charge on any atom is -0.438 e. The third kappa shape index (κ3) is 3.80. The molecule has 4 rings (SSSR count). The number of aryl methyl sites for hydroxylation is 2. The normalized spacial score (nSPS) is 22.6. The van der Waals surface area contributed by atoms with Crippen LogP contribution in [0.25, 0.3) is 0 Å². The largest absolute Gasteiger partial charge is 0.438 e. The lowest BCUT2D eigenvalue weighted by Crippen LogP contribution is -2.51. The fourth-order valence-corrected chi connectivity index (χ4v) is 4.67. The van der Waals surface area contributed by atoms with Crippen LogP contribution < -0.4 is 0 Å². The molecule has 0 saturated carbocycles. The highest BCUT2D eigenvalue weighted by Crippen LogP contribution is 2.34. The molecular formula is C21H29N5O3. The molecular weight excluding hydrogens is 370 g/mol. The molecule has 2 fully saturated rings. The Labute approximate surface area is 170 Å². The molecule has 2 aliphatic rings. The van der Waals surface area contributed by atoms with Gasteiger partial charge >= 0.3 is 0 Å². The lowest BCUT2D eigenvalue weighted by atomic mass is 9.91. The number of oxazole rings is 1. The number of carbonyl (C=O) groups excluding carboxylic acids is 2. The smallest absolute Gasteiger partial charge is 0.291 e. The predicted molar refractivity (Wildman–Crippen MR) is 106 cm³/mol. The van der Waals surface area contributed by atoms with Gasteiger partial charge in [0, 0.05) is 39.3 Å². The number of aromatic nitrogens is 3. The second kappa shape index (κ2) is 8.00. The van der Waals surface area contributed by atoms with E-state index in [0.29, 0.717) is 43.3 Å². The maximum absolute atomic E-state index is 13.1. The molecule has 1 unspecified atom stereocenters. The zero-order valence-corrected chi connectivity index (χ0v) is 17.4. The summed E-state index contributed by atoms with van der Waals surface area (Å²) in [4.78, 5) is 34.0. The van der Waals surface area contributed by atoms with E-state index in [1.807, 2.05) is 36.2 Å². The summed E-state index contributed by atoms with van der Waals surface area (Å²) in [7, 11) is 1.88. The van der Waals surface area contributed by atoms with Gasteiger partial charge in [0.05, 0.1) is 17.9 Å². The van der Waals surface area contributed by atoms with E-state index >= 15 is 0 Å². The van der Waals surface area contributed by atoms with Crippen LogP contribution in [0.4, 0.5) is 0 Å². The van der Waals surface area contributed by atoms with Crippen LogP contribution in [0.3, 0.4) is 0 Å². The molecule has 0 aromatic carbocycles. The SMILES string of the molecule is CCc1ncoc1C(=O)N1CC[C@@H]2CCN(C(=O)CC(C)c3cnn(C)c3)[C@@H]2C1. The topological polar surface area (TPSA) is 84.5 Å². The Balaban J connectivity index is 1.43. The van der Waals surface area contributed by atoms with Crippen LogP contribution in [0.1, 0.15) is 60.8 Å². The molecule has 8 heteroatoms. The van der Waals surface area contributed by atoms with Crippen LogP contribution in [0.15, 0.2) is 23.2 Å². The molecule has 2 amide bonds. The van der Waals surface area contributed by atoms with Gasteiger partial charge in [0.1, 0.15) is 0 Å². The zero-order valence-electron chi connectivity index (χ0n) is 17.4. The van der Waals surface area contributed by atoms with Crippen molar-refractivity contribution in [3.63, 3.8) is 0 Å². The predicted octanol–water partition coefficient (Wildman–Crippen LogP) is 2.23. The van der Waals surface area contributed by atoms with Crippen LogP contribution in [-0.2, 0) is 18.3 Å². The second-order valence-corrected chi connectivity index (χ2v) is 8.28. The Morgan fingerprint density at radius 3 is 2.83 bits per heavy atom. The van der Waals surface area contributed by atoms with Gasteiger partial charge in [-0.25, -0.2) is 4.98 Å². The molecule has 156 valence electrons.